The van der Waals surface area contributed by atoms with E-state index >= 15 is 0 Å². The maximum Gasteiger partial charge on any atom is 0.0877 e. The third kappa shape index (κ3) is 1.92. The first-order valence-electron chi connectivity index (χ1n) is 5.71. The molecule has 0 spiro atoms. The number of aliphatic hydroxyl groups is 1. The van der Waals surface area contributed by atoms with Crippen LogP contribution in [0, 0.1) is 6.92 Å². The van der Waals surface area contributed by atoms with Crippen LogP contribution in [0.15, 0.2) is 40.6 Å². The lowest BCUT2D eigenvalue weighted by atomic mass is 9.91. The second kappa shape index (κ2) is 4.48. The van der Waals surface area contributed by atoms with Gasteiger partial charge >= 0.3 is 0 Å². The lowest BCUT2D eigenvalue weighted by Gasteiger charge is -2.18. The average molecular weight is 262 g/mol. The Morgan fingerprint density at radius 1 is 1.29 bits per heavy atom. The third-order valence-electron chi connectivity index (χ3n) is 3.34. The Labute approximate surface area is 110 Å². The van der Waals surface area contributed by atoms with Crippen molar-refractivity contribution in [2.45, 2.75) is 23.8 Å². The molecule has 88 valence electrons. The number of thiophene rings is 1. The predicted molar refractivity (Wildman–Crippen MR) is 73.9 cm³/mol. The summed E-state index contributed by atoms with van der Waals surface area (Å²) in [6.45, 7) is 2.08. The van der Waals surface area contributed by atoms with E-state index in [1.54, 1.807) is 11.3 Å². The lowest BCUT2D eigenvalue weighted by Crippen LogP contribution is -2.10. The smallest absolute Gasteiger partial charge is 0.0877 e. The highest BCUT2D eigenvalue weighted by molar-refractivity contribution is 7.99. The molecule has 17 heavy (non-hydrogen) atoms. The molecule has 0 saturated carbocycles. The number of hydrogen-bond donors (Lipinski definition) is 1. The van der Waals surface area contributed by atoms with Crippen molar-refractivity contribution in [1.29, 1.82) is 0 Å². The topological polar surface area (TPSA) is 20.2 Å². The number of thioether (sulfide) groups is 1. The molecular formula is C14H14OS2. The Morgan fingerprint density at radius 2 is 2.12 bits per heavy atom. The third-order valence-corrected chi connectivity index (χ3v) is 5.41. The number of aliphatic hydroxyl groups excluding tert-OH is 1. The number of benzene rings is 1. The molecule has 3 rings (SSSR count). The summed E-state index contributed by atoms with van der Waals surface area (Å²) < 4.78 is 0. The van der Waals surface area contributed by atoms with E-state index in [4.69, 9.17) is 0 Å². The molecule has 1 aliphatic heterocycles. The zero-order valence-electron chi connectivity index (χ0n) is 9.59. The largest absolute Gasteiger partial charge is 0.388 e. The summed E-state index contributed by atoms with van der Waals surface area (Å²) in [6, 6.07) is 10.5. The molecule has 0 fully saturated rings. The van der Waals surface area contributed by atoms with Crippen LogP contribution in [-0.2, 0) is 0 Å². The van der Waals surface area contributed by atoms with Gasteiger partial charge in [0, 0.05) is 21.4 Å². The zero-order chi connectivity index (χ0) is 11.8. The van der Waals surface area contributed by atoms with Gasteiger partial charge in [-0.3, -0.25) is 0 Å². The minimum absolute atomic E-state index is 0.240. The van der Waals surface area contributed by atoms with Gasteiger partial charge in [0.2, 0.25) is 0 Å². The summed E-state index contributed by atoms with van der Waals surface area (Å²) in [5, 5.41) is 12.6. The molecular weight excluding hydrogens is 248 g/mol. The molecule has 1 aliphatic rings. The van der Waals surface area contributed by atoms with E-state index in [1.807, 2.05) is 11.8 Å². The first-order valence-corrected chi connectivity index (χ1v) is 7.57. The summed E-state index contributed by atoms with van der Waals surface area (Å²) in [6.07, 6.45) is -0.364. The van der Waals surface area contributed by atoms with Crippen molar-refractivity contribution in [2.75, 3.05) is 5.75 Å². The van der Waals surface area contributed by atoms with Crippen LogP contribution in [-0.4, -0.2) is 10.9 Å². The fourth-order valence-electron chi connectivity index (χ4n) is 2.37. The molecule has 2 heterocycles. The monoisotopic (exact) mass is 262 g/mol. The number of rotatable bonds is 2. The maximum atomic E-state index is 10.5. The van der Waals surface area contributed by atoms with Gasteiger partial charge < -0.3 is 5.11 Å². The fourth-order valence-corrected chi connectivity index (χ4v) is 4.39. The van der Waals surface area contributed by atoms with E-state index in [-0.39, 0.29) is 12.0 Å². The van der Waals surface area contributed by atoms with Crippen LogP contribution in [0.1, 0.15) is 28.0 Å². The summed E-state index contributed by atoms with van der Waals surface area (Å²) in [5.41, 5.74) is 2.40. The molecule has 1 aromatic carbocycles. The summed E-state index contributed by atoms with van der Waals surface area (Å²) in [7, 11) is 0. The van der Waals surface area contributed by atoms with Crippen molar-refractivity contribution in [1.82, 2.24) is 0 Å². The molecule has 0 amide bonds. The molecule has 1 aromatic heterocycles. The van der Waals surface area contributed by atoms with E-state index in [2.05, 4.69) is 42.6 Å². The molecule has 1 N–H and O–H groups in total. The minimum Gasteiger partial charge on any atom is -0.388 e. The van der Waals surface area contributed by atoms with E-state index in [1.165, 1.54) is 15.3 Å². The summed E-state index contributed by atoms with van der Waals surface area (Å²) in [5.74, 6) is 1.22. The van der Waals surface area contributed by atoms with E-state index < -0.39 is 0 Å². The van der Waals surface area contributed by atoms with Crippen LogP contribution in [0.2, 0.25) is 0 Å². The molecule has 0 bridgehead atoms. The van der Waals surface area contributed by atoms with Gasteiger partial charge in [0.05, 0.1) is 6.10 Å². The molecule has 0 saturated heterocycles. The van der Waals surface area contributed by atoms with Crippen molar-refractivity contribution in [2.24, 2.45) is 0 Å². The Morgan fingerprint density at radius 3 is 2.88 bits per heavy atom. The molecule has 2 atom stereocenters. The van der Waals surface area contributed by atoms with Gasteiger partial charge in [0.25, 0.3) is 0 Å². The van der Waals surface area contributed by atoms with E-state index in [0.29, 0.717) is 0 Å². The van der Waals surface area contributed by atoms with Crippen molar-refractivity contribution >= 4 is 23.1 Å². The second-order valence-electron chi connectivity index (χ2n) is 4.33. The van der Waals surface area contributed by atoms with Crippen LogP contribution in [0.4, 0.5) is 0 Å². The SMILES string of the molecule is Cc1sccc1C(O)C1CSc2ccccc21. The van der Waals surface area contributed by atoms with Crippen molar-refractivity contribution in [3.63, 3.8) is 0 Å². The van der Waals surface area contributed by atoms with E-state index in [0.717, 1.165) is 11.3 Å². The Bertz CT molecular complexity index is 533. The van der Waals surface area contributed by atoms with Crippen LogP contribution in [0.5, 0.6) is 0 Å². The minimum atomic E-state index is -0.364. The number of aryl methyl sites for hydroxylation is 1. The normalized spacial score (nSPS) is 20.2. The van der Waals surface area contributed by atoms with Gasteiger partial charge in [-0.2, -0.15) is 0 Å². The van der Waals surface area contributed by atoms with E-state index in [9.17, 15) is 5.11 Å². The van der Waals surface area contributed by atoms with Crippen LogP contribution >= 0.6 is 23.1 Å². The quantitative estimate of drug-likeness (QED) is 0.883. The Hall–Kier alpha value is -0.770. The predicted octanol–water partition coefficient (Wildman–Crippen LogP) is 3.98. The standard InChI is InChI=1S/C14H14OS2/c1-9-10(6-7-16-9)14(15)12-8-17-13-5-3-2-4-11(12)13/h2-7,12,14-15H,8H2,1H3. The first-order chi connectivity index (χ1) is 8.27. The van der Waals surface area contributed by atoms with Gasteiger partial charge in [0.1, 0.15) is 0 Å². The highest BCUT2D eigenvalue weighted by Crippen LogP contribution is 2.46. The van der Waals surface area contributed by atoms with Crippen molar-refractivity contribution in [3.05, 3.63) is 51.7 Å². The maximum absolute atomic E-state index is 10.5. The van der Waals surface area contributed by atoms with Crippen LogP contribution in [0.3, 0.4) is 0 Å². The fraction of sp³-hybridized carbons (Fsp3) is 0.286. The van der Waals surface area contributed by atoms with Gasteiger partial charge in [-0.05, 0) is 35.6 Å². The molecule has 3 heteroatoms. The van der Waals surface area contributed by atoms with Crippen molar-refractivity contribution < 1.29 is 5.11 Å². The van der Waals surface area contributed by atoms with Crippen molar-refractivity contribution in [3.8, 4) is 0 Å². The Kier molecular flexibility index (Phi) is 2.99. The molecule has 2 unspecified atom stereocenters. The lowest BCUT2D eigenvalue weighted by molar-refractivity contribution is 0.153. The Balaban J connectivity index is 1.95. The van der Waals surface area contributed by atoms with Gasteiger partial charge in [-0.15, -0.1) is 23.1 Å². The molecule has 1 nitrogen and oxygen atoms in total. The first kappa shape index (κ1) is 11.3. The average Bonchev–Trinajstić information content (AvgIpc) is 2.94. The summed E-state index contributed by atoms with van der Waals surface area (Å²) >= 11 is 3.56. The summed E-state index contributed by atoms with van der Waals surface area (Å²) in [4.78, 5) is 2.55. The van der Waals surface area contributed by atoms with Crippen LogP contribution < -0.4 is 0 Å². The highest BCUT2D eigenvalue weighted by atomic mass is 32.2. The van der Waals surface area contributed by atoms with Gasteiger partial charge in [-0.1, -0.05) is 18.2 Å². The number of fused-ring (bicyclic) bond motifs is 1. The molecule has 0 aliphatic carbocycles. The van der Waals surface area contributed by atoms with Gasteiger partial charge in [-0.25, -0.2) is 0 Å². The highest BCUT2D eigenvalue weighted by Gasteiger charge is 2.30. The van der Waals surface area contributed by atoms with Crippen LogP contribution in [0.25, 0.3) is 0 Å². The zero-order valence-corrected chi connectivity index (χ0v) is 11.2. The molecule has 0 radical (unpaired) electrons. The number of hydrogen-bond acceptors (Lipinski definition) is 3. The molecule has 2 aromatic rings. The van der Waals surface area contributed by atoms with Gasteiger partial charge in [0.15, 0.2) is 0 Å². The second-order valence-corrected chi connectivity index (χ2v) is 6.51.